The highest BCUT2D eigenvalue weighted by Crippen LogP contribution is 2.30. The van der Waals surface area contributed by atoms with E-state index in [0.29, 0.717) is 0 Å². The molecule has 1 heterocycles. The highest BCUT2D eigenvalue weighted by molar-refractivity contribution is 6.08. The molecule has 82 valence electrons. The van der Waals surface area contributed by atoms with Gasteiger partial charge in [0.25, 0.3) is 5.56 Å². The summed E-state index contributed by atoms with van der Waals surface area (Å²) in [4.78, 5) is 22.7. The molecule has 0 saturated carbocycles. The summed E-state index contributed by atoms with van der Waals surface area (Å²) in [6.45, 7) is 1.25. The first-order valence-corrected chi connectivity index (χ1v) is 4.46. The van der Waals surface area contributed by atoms with Crippen molar-refractivity contribution in [2.75, 3.05) is 0 Å². The number of phenols is 2. The molecule has 2 rings (SSSR count). The maximum Gasteiger partial charge on any atom is 0.275 e. The molecule has 1 aromatic heterocycles. The van der Waals surface area contributed by atoms with Crippen molar-refractivity contribution in [1.29, 1.82) is 0 Å². The second kappa shape index (κ2) is 3.34. The largest absolute Gasteiger partial charge is 0.507 e. The minimum atomic E-state index is -0.659. The van der Waals surface area contributed by atoms with Crippen LogP contribution in [0.3, 0.4) is 0 Å². The van der Waals surface area contributed by atoms with Crippen LogP contribution >= 0.6 is 0 Å². The van der Waals surface area contributed by atoms with Crippen LogP contribution in [-0.2, 0) is 0 Å². The smallest absolute Gasteiger partial charge is 0.275 e. The van der Waals surface area contributed by atoms with Crippen molar-refractivity contribution in [3.8, 4) is 11.5 Å². The number of carbonyl (C=O) groups excluding carboxylic acids is 1. The number of fused-ring (bicyclic) bond motifs is 1. The van der Waals surface area contributed by atoms with E-state index in [0.717, 1.165) is 0 Å². The van der Waals surface area contributed by atoms with Gasteiger partial charge in [-0.05, 0) is 12.1 Å². The van der Waals surface area contributed by atoms with Crippen LogP contribution in [0.2, 0.25) is 0 Å². The quantitative estimate of drug-likeness (QED) is 0.480. The molecule has 0 fully saturated rings. The molecule has 0 aliphatic heterocycles. The molecule has 0 atom stereocenters. The van der Waals surface area contributed by atoms with Crippen LogP contribution in [0.15, 0.2) is 16.9 Å². The molecular weight excluding hydrogens is 212 g/mol. The standard InChI is InChI=1S/C10H8N2O4/c1-4(13)9-7-5(14)2-3-6(15)8(7)10(16)12-11-9/h2-3,14-15H,1H3,(H,12,16). The number of hydrogen-bond donors (Lipinski definition) is 3. The Morgan fingerprint density at radius 1 is 1.25 bits per heavy atom. The number of nitrogens with one attached hydrogen (secondary N) is 1. The van der Waals surface area contributed by atoms with Gasteiger partial charge in [-0.2, -0.15) is 5.10 Å². The Bertz CT molecular complexity index is 645. The average Bonchev–Trinajstić information content (AvgIpc) is 2.23. The highest BCUT2D eigenvalue weighted by atomic mass is 16.3. The van der Waals surface area contributed by atoms with Crippen molar-refractivity contribution in [2.24, 2.45) is 0 Å². The molecule has 0 saturated heterocycles. The SMILES string of the molecule is CC(=O)c1n[nH]c(=O)c2c(O)ccc(O)c12. The first-order chi connectivity index (χ1) is 7.52. The summed E-state index contributed by atoms with van der Waals surface area (Å²) in [6.07, 6.45) is 0. The number of rotatable bonds is 1. The summed E-state index contributed by atoms with van der Waals surface area (Å²) in [5.41, 5.74) is -0.739. The van der Waals surface area contributed by atoms with Gasteiger partial charge in [-0.3, -0.25) is 9.59 Å². The lowest BCUT2D eigenvalue weighted by Gasteiger charge is -2.05. The van der Waals surface area contributed by atoms with E-state index in [2.05, 4.69) is 10.2 Å². The van der Waals surface area contributed by atoms with E-state index in [4.69, 9.17) is 0 Å². The number of aromatic amines is 1. The number of nitrogens with zero attached hydrogens (tertiary/aromatic N) is 1. The Balaban J connectivity index is 3.09. The van der Waals surface area contributed by atoms with Crippen LogP contribution in [0, 0.1) is 0 Å². The Labute approximate surface area is 89.2 Å². The number of H-pyrrole nitrogens is 1. The zero-order chi connectivity index (χ0) is 11.9. The minimum Gasteiger partial charge on any atom is -0.507 e. The topological polar surface area (TPSA) is 103 Å². The summed E-state index contributed by atoms with van der Waals surface area (Å²) in [7, 11) is 0. The fourth-order valence-electron chi connectivity index (χ4n) is 1.52. The van der Waals surface area contributed by atoms with Gasteiger partial charge in [-0.15, -0.1) is 0 Å². The highest BCUT2D eigenvalue weighted by Gasteiger charge is 2.16. The molecule has 6 nitrogen and oxygen atoms in total. The van der Waals surface area contributed by atoms with Gasteiger partial charge in [-0.1, -0.05) is 0 Å². The number of phenolic OH excluding ortho intramolecular Hbond substituents is 2. The van der Waals surface area contributed by atoms with E-state index in [9.17, 15) is 19.8 Å². The van der Waals surface area contributed by atoms with Crippen LogP contribution in [-0.4, -0.2) is 26.2 Å². The molecule has 0 radical (unpaired) electrons. The number of aromatic nitrogens is 2. The summed E-state index contributed by atoms with van der Waals surface area (Å²) < 4.78 is 0. The van der Waals surface area contributed by atoms with E-state index in [1.54, 1.807) is 0 Å². The third-order valence-corrected chi connectivity index (χ3v) is 2.23. The third-order valence-electron chi connectivity index (χ3n) is 2.23. The van der Waals surface area contributed by atoms with Gasteiger partial charge in [-0.25, -0.2) is 5.10 Å². The van der Waals surface area contributed by atoms with Crippen molar-refractivity contribution in [2.45, 2.75) is 6.92 Å². The fraction of sp³-hybridized carbons (Fsp3) is 0.100. The lowest BCUT2D eigenvalue weighted by atomic mass is 10.1. The van der Waals surface area contributed by atoms with Crippen LogP contribution in [0.1, 0.15) is 17.4 Å². The molecule has 6 heteroatoms. The number of aromatic hydroxyl groups is 2. The Morgan fingerprint density at radius 2 is 1.81 bits per heavy atom. The maximum absolute atomic E-state index is 11.4. The van der Waals surface area contributed by atoms with E-state index >= 15 is 0 Å². The van der Waals surface area contributed by atoms with Crippen LogP contribution in [0.4, 0.5) is 0 Å². The average molecular weight is 220 g/mol. The third kappa shape index (κ3) is 1.31. The molecule has 3 N–H and O–H groups in total. The van der Waals surface area contributed by atoms with Crippen LogP contribution < -0.4 is 5.56 Å². The molecule has 0 aliphatic carbocycles. The lowest BCUT2D eigenvalue weighted by Crippen LogP contribution is -2.13. The molecule has 2 aromatic rings. The maximum atomic E-state index is 11.4. The molecule has 16 heavy (non-hydrogen) atoms. The zero-order valence-corrected chi connectivity index (χ0v) is 8.31. The van der Waals surface area contributed by atoms with Crippen LogP contribution in [0.25, 0.3) is 10.8 Å². The second-order valence-electron chi connectivity index (χ2n) is 3.31. The normalized spacial score (nSPS) is 10.6. The predicted octanol–water partition coefficient (Wildman–Crippen LogP) is 0.537. The van der Waals surface area contributed by atoms with E-state index in [1.807, 2.05) is 0 Å². The van der Waals surface area contributed by atoms with Gasteiger partial charge in [0.05, 0.1) is 10.8 Å². The van der Waals surface area contributed by atoms with Gasteiger partial charge < -0.3 is 10.2 Å². The molecular formula is C10H8N2O4. The summed E-state index contributed by atoms with van der Waals surface area (Å²) >= 11 is 0. The summed E-state index contributed by atoms with van der Waals surface area (Å²) in [6, 6.07) is 2.38. The number of Topliss-reactive ketones (excluding diaryl/α,β-unsaturated/α-hetero) is 1. The Kier molecular flexibility index (Phi) is 2.12. The van der Waals surface area contributed by atoms with Gasteiger partial charge in [0.1, 0.15) is 17.2 Å². The summed E-state index contributed by atoms with van der Waals surface area (Å²) in [5.74, 6) is -0.988. The number of hydrogen-bond acceptors (Lipinski definition) is 5. The van der Waals surface area contributed by atoms with Crippen molar-refractivity contribution in [3.63, 3.8) is 0 Å². The number of benzene rings is 1. The first kappa shape index (κ1) is 10.2. The number of carbonyl (C=O) groups is 1. The Morgan fingerprint density at radius 3 is 2.38 bits per heavy atom. The monoisotopic (exact) mass is 220 g/mol. The van der Waals surface area contributed by atoms with Gasteiger partial charge in [0.15, 0.2) is 5.78 Å². The lowest BCUT2D eigenvalue weighted by molar-refractivity contribution is 0.101. The van der Waals surface area contributed by atoms with Crippen LogP contribution in [0.5, 0.6) is 11.5 Å². The fourth-order valence-corrected chi connectivity index (χ4v) is 1.52. The second-order valence-corrected chi connectivity index (χ2v) is 3.31. The predicted molar refractivity (Wildman–Crippen MR) is 55.7 cm³/mol. The molecule has 0 spiro atoms. The van der Waals surface area contributed by atoms with Gasteiger partial charge >= 0.3 is 0 Å². The van der Waals surface area contributed by atoms with Crippen molar-refractivity contribution in [3.05, 3.63) is 28.2 Å². The molecule has 0 amide bonds. The first-order valence-electron chi connectivity index (χ1n) is 4.46. The Hall–Kier alpha value is -2.37. The molecule has 0 bridgehead atoms. The van der Waals surface area contributed by atoms with Crippen molar-refractivity contribution >= 4 is 16.6 Å². The molecule has 0 unspecified atom stereocenters. The minimum absolute atomic E-state index is 0.0312. The van der Waals surface area contributed by atoms with E-state index in [1.165, 1.54) is 19.1 Å². The molecule has 0 aliphatic rings. The number of ketones is 1. The van der Waals surface area contributed by atoms with Gasteiger partial charge in [0, 0.05) is 6.92 Å². The molecule has 1 aromatic carbocycles. The van der Waals surface area contributed by atoms with Gasteiger partial charge in [0.2, 0.25) is 0 Å². The van der Waals surface area contributed by atoms with Crippen molar-refractivity contribution < 1.29 is 15.0 Å². The zero-order valence-electron chi connectivity index (χ0n) is 8.31. The summed E-state index contributed by atoms with van der Waals surface area (Å²) in [5, 5.41) is 24.6. The van der Waals surface area contributed by atoms with E-state index in [-0.39, 0.29) is 28.0 Å². The van der Waals surface area contributed by atoms with Crippen molar-refractivity contribution in [1.82, 2.24) is 10.2 Å². The van der Waals surface area contributed by atoms with E-state index < -0.39 is 11.3 Å².